The molecule has 1 aliphatic carbocycles. The van der Waals surface area contributed by atoms with Crippen molar-refractivity contribution in [3.05, 3.63) is 47.1 Å². The SMILES string of the molecule is OC1(c2nc(C3Cc4ccccc43)no2)CCNC1. The van der Waals surface area contributed by atoms with Crippen molar-refractivity contribution in [2.45, 2.75) is 24.4 Å². The third kappa shape index (κ3) is 1.62. The van der Waals surface area contributed by atoms with Gasteiger partial charge in [0.1, 0.15) is 0 Å². The Balaban J connectivity index is 1.63. The molecule has 2 unspecified atom stereocenters. The van der Waals surface area contributed by atoms with Crippen LogP contribution in [-0.2, 0) is 12.0 Å². The Kier molecular flexibility index (Phi) is 2.28. The summed E-state index contributed by atoms with van der Waals surface area (Å²) in [5, 5.41) is 17.6. The van der Waals surface area contributed by atoms with Gasteiger partial charge in [0.15, 0.2) is 11.4 Å². The quantitative estimate of drug-likeness (QED) is 0.837. The van der Waals surface area contributed by atoms with Crippen LogP contribution in [0.15, 0.2) is 28.8 Å². The zero-order chi connectivity index (χ0) is 12.9. The van der Waals surface area contributed by atoms with E-state index < -0.39 is 5.60 Å². The number of β-amino-alcohol motifs (C(OH)–C–C–N with tert-alkyl or cyclic N) is 1. The molecule has 2 aliphatic rings. The van der Waals surface area contributed by atoms with E-state index in [0.29, 0.717) is 24.7 Å². The molecule has 1 aromatic carbocycles. The van der Waals surface area contributed by atoms with Gasteiger partial charge >= 0.3 is 0 Å². The average Bonchev–Trinajstić information content (AvgIpc) is 3.01. The summed E-state index contributed by atoms with van der Waals surface area (Å²) in [5.74, 6) is 1.25. The molecule has 0 radical (unpaired) electrons. The van der Waals surface area contributed by atoms with Crippen LogP contribution in [0.2, 0.25) is 0 Å². The van der Waals surface area contributed by atoms with Gasteiger partial charge in [0.25, 0.3) is 5.89 Å². The molecular formula is C14H15N3O2. The standard InChI is InChI=1S/C14H15N3O2/c18-14(5-6-15-8-14)13-16-12(17-19-13)11-7-9-3-1-2-4-10(9)11/h1-4,11,15,18H,5-8H2. The van der Waals surface area contributed by atoms with Gasteiger partial charge in [-0.3, -0.25) is 0 Å². The Morgan fingerprint density at radius 3 is 3.05 bits per heavy atom. The molecule has 1 aromatic heterocycles. The fraction of sp³-hybridized carbons (Fsp3) is 0.429. The number of hydrogen-bond donors (Lipinski definition) is 2. The van der Waals surface area contributed by atoms with E-state index in [0.717, 1.165) is 13.0 Å². The zero-order valence-electron chi connectivity index (χ0n) is 10.5. The van der Waals surface area contributed by atoms with E-state index in [1.165, 1.54) is 11.1 Å². The van der Waals surface area contributed by atoms with Gasteiger partial charge in [0.05, 0.1) is 5.92 Å². The maximum absolute atomic E-state index is 10.4. The van der Waals surface area contributed by atoms with Crippen LogP contribution in [0.3, 0.4) is 0 Å². The van der Waals surface area contributed by atoms with Crippen molar-refractivity contribution in [3.8, 4) is 0 Å². The Bertz CT molecular complexity index is 617. The minimum Gasteiger partial charge on any atom is -0.379 e. The minimum absolute atomic E-state index is 0.215. The van der Waals surface area contributed by atoms with E-state index in [4.69, 9.17) is 4.52 Å². The normalized spacial score (nSPS) is 29.0. The van der Waals surface area contributed by atoms with Crippen LogP contribution in [0.25, 0.3) is 0 Å². The number of nitrogens with zero attached hydrogens (tertiary/aromatic N) is 2. The maximum atomic E-state index is 10.4. The third-order valence-corrected chi connectivity index (χ3v) is 4.14. The molecule has 98 valence electrons. The van der Waals surface area contributed by atoms with Crippen LogP contribution in [0, 0.1) is 0 Å². The van der Waals surface area contributed by atoms with Crippen molar-refractivity contribution >= 4 is 0 Å². The van der Waals surface area contributed by atoms with Gasteiger partial charge in [-0.05, 0) is 30.5 Å². The van der Waals surface area contributed by atoms with E-state index in [1.807, 2.05) is 12.1 Å². The number of hydrogen-bond acceptors (Lipinski definition) is 5. The lowest BCUT2D eigenvalue weighted by molar-refractivity contribution is 0.0243. The Morgan fingerprint density at radius 1 is 1.37 bits per heavy atom. The molecule has 4 rings (SSSR count). The molecule has 5 heteroatoms. The summed E-state index contributed by atoms with van der Waals surface area (Å²) in [6.07, 6.45) is 1.57. The second kappa shape index (κ2) is 3.88. The highest BCUT2D eigenvalue weighted by atomic mass is 16.5. The number of nitrogens with one attached hydrogen (secondary N) is 1. The molecule has 1 fully saturated rings. The van der Waals surface area contributed by atoms with Gasteiger partial charge in [0, 0.05) is 6.54 Å². The van der Waals surface area contributed by atoms with Crippen LogP contribution in [0.5, 0.6) is 0 Å². The van der Waals surface area contributed by atoms with Crippen LogP contribution in [0.1, 0.15) is 35.2 Å². The number of fused-ring (bicyclic) bond motifs is 1. The number of aliphatic hydroxyl groups is 1. The first-order valence-electron chi connectivity index (χ1n) is 6.61. The average molecular weight is 257 g/mol. The summed E-state index contributed by atoms with van der Waals surface area (Å²) in [6.45, 7) is 1.26. The van der Waals surface area contributed by atoms with E-state index in [9.17, 15) is 5.11 Å². The highest BCUT2D eigenvalue weighted by Gasteiger charge is 2.40. The summed E-state index contributed by atoms with van der Waals surface area (Å²) in [5.41, 5.74) is 1.63. The summed E-state index contributed by atoms with van der Waals surface area (Å²) in [7, 11) is 0. The van der Waals surface area contributed by atoms with E-state index in [-0.39, 0.29) is 5.92 Å². The molecule has 2 heterocycles. The largest absolute Gasteiger partial charge is 0.379 e. The first-order valence-corrected chi connectivity index (χ1v) is 6.61. The van der Waals surface area contributed by atoms with E-state index in [2.05, 4.69) is 27.6 Å². The van der Waals surface area contributed by atoms with Crippen molar-refractivity contribution in [1.29, 1.82) is 0 Å². The molecule has 1 aliphatic heterocycles. The molecule has 2 atom stereocenters. The molecule has 0 bridgehead atoms. The summed E-state index contributed by atoms with van der Waals surface area (Å²) < 4.78 is 5.27. The monoisotopic (exact) mass is 257 g/mol. The molecule has 19 heavy (non-hydrogen) atoms. The Labute approximate surface area is 110 Å². The third-order valence-electron chi connectivity index (χ3n) is 4.14. The van der Waals surface area contributed by atoms with Crippen molar-refractivity contribution < 1.29 is 9.63 Å². The number of rotatable bonds is 2. The molecule has 5 nitrogen and oxygen atoms in total. The van der Waals surface area contributed by atoms with Crippen LogP contribution < -0.4 is 5.32 Å². The first kappa shape index (κ1) is 11.1. The Hall–Kier alpha value is -1.72. The second-order valence-corrected chi connectivity index (χ2v) is 5.37. The lowest BCUT2D eigenvalue weighted by atomic mass is 9.77. The van der Waals surface area contributed by atoms with Crippen LogP contribution in [0.4, 0.5) is 0 Å². The molecule has 2 N–H and O–H groups in total. The summed E-state index contributed by atoms with van der Waals surface area (Å²) in [6, 6.07) is 8.30. The van der Waals surface area contributed by atoms with Gasteiger partial charge in [-0.15, -0.1) is 0 Å². The molecule has 2 aromatic rings. The second-order valence-electron chi connectivity index (χ2n) is 5.37. The minimum atomic E-state index is -0.992. The fourth-order valence-corrected chi connectivity index (χ4v) is 2.92. The number of aromatic nitrogens is 2. The zero-order valence-corrected chi connectivity index (χ0v) is 10.5. The topological polar surface area (TPSA) is 71.2 Å². The van der Waals surface area contributed by atoms with Gasteiger partial charge in [-0.1, -0.05) is 29.4 Å². The predicted molar refractivity (Wildman–Crippen MR) is 67.7 cm³/mol. The van der Waals surface area contributed by atoms with Crippen LogP contribution >= 0.6 is 0 Å². The molecule has 0 saturated carbocycles. The molecule has 0 amide bonds. The number of benzene rings is 1. The van der Waals surface area contributed by atoms with Crippen molar-refractivity contribution in [2.24, 2.45) is 0 Å². The lowest BCUT2D eigenvalue weighted by Crippen LogP contribution is -2.29. The lowest BCUT2D eigenvalue weighted by Gasteiger charge is -2.27. The predicted octanol–water partition coefficient (Wildman–Crippen LogP) is 0.938. The van der Waals surface area contributed by atoms with Gasteiger partial charge < -0.3 is 14.9 Å². The fourth-order valence-electron chi connectivity index (χ4n) is 2.92. The molecule has 0 spiro atoms. The van der Waals surface area contributed by atoms with E-state index >= 15 is 0 Å². The smallest absolute Gasteiger partial charge is 0.260 e. The highest BCUT2D eigenvalue weighted by Crippen LogP contribution is 2.39. The summed E-state index contributed by atoms with van der Waals surface area (Å²) in [4.78, 5) is 4.42. The van der Waals surface area contributed by atoms with Crippen molar-refractivity contribution in [2.75, 3.05) is 13.1 Å². The Morgan fingerprint density at radius 2 is 2.26 bits per heavy atom. The van der Waals surface area contributed by atoms with Crippen LogP contribution in [-0.4, -0.2) is 28.3 Å². The molecular weight excluding hydrogens is 242 g/mol. The molecule has 1 saturated heterocycles. The van der Waals surface area contributed by atoms with Gasteiger partial charge in [-0.25, -0.2) is 0 Å². The highest BCUT2D eigenvalue weighted by molar-refractivity contribution is 5.43. The van der Waals surface area contributed by atoms with Crippen molar-refractivity contribution in [1.82, 2.24) is 15.5 Å². The van der Waals surface area contributed by atoms with E-state index in [1.54, 1.807) is 0 Å². The summed E-state index contributed by atoms with van der Waals surface area (Å²) >= 11 is 0. The van der Waals surface area contributed by atoms with Gasteiger partial charge in [0.2, 0.25) is 0 Å². The van der Waals surface area contributed by atoms with Gasteiger partial charge in [-0.2, -0.15) is 4.98 Å². The maximum Gasteiger partial charge on any atom is 0.260 e. The van der Waals surface area contributed by atoms with Crippen molar-refractivity contribution in [3.63, 3.8) is 0 Å². The first-order chi connectivity index (χ1) is 9.26.